The Morgan fingerprint density at radius 1 is 1.25 bits per heavy atom. The zero-order chi connectivity index (χ0) is 18.9. The van der Waals surface area contributed by atoms with Crippen molar-refractivity contribution in [2.45, 2.75) is 43.3 Å². The summed E-state index contributed by atoms with van der Waals surface area (Å²) in [6.07, 6.45) is 3.56. The summed E-state index contributed by atoms with van der Waals surface area (Å²) in [5.74, 6) is 1.75. The van der Waals surface area contributed by atoms with Gasteiger partial charge in [-0.2, -0.15) is 0 Å². The molecule has 0 aliphatic carbocycles. The molecular formula is C20H31FIN3O2S. The van der Waals surface area contributed by atoms with E-state index < -0.39 is 0 Å². The van der Waals surface area contributed by atoms with Gasteiger partial charge in [-0.15, -0.1) is 35.7 Å². The average Bonchev–Trinajstić information content (AvgIpc) is 3.23. The fraction of sp³-hybridized carbons (Fsp3) is 0.650. The van der Waals surface area contributed by atoms with Crippen LogP contribution in [0.5, 0.6) is 0 Å². The number of hydrogen-bond acceptors (Lipinski definition) is 4. The molecule has 2 fully saturated rings. The average molecular weight is 523 g/mol. The fourth-order valence-electron chi connectivity index (χ4n) is 3.38. The molecule has 2 saturated heterocycles. The predicted molar refractivity (Wildman–Crippen MR) is 123 cm³/mol. The van der Waals surface area contributed by atoms with Crippen molar-refractivity contribution in [1.29, 1.82) is 0 Å². The third-order valence-corrected chi connectivity index (χ3v) is 5.85. The Balaban J connectivity index is 0.00000280. The third kappa shape index (κ3) is 7.35. The molecule has 0 spiro atoms. The van der Waals surface area contributed by atoms with Gasteiger partial charge < -0.3 is 19.7 Å². The van der Waals surface area contributed by atoms with Crippen LogP contribution in [0, 0.1) is 5.82 Å². The molecule has 2 unspecified atom stereocenters. The van der Waals surface area contributed by atoms with Crippen LogP contribution in [0.4, 0.5) is 4.39 Å². The van der Waals surface area contributed by atoms with E-state index in [4.69, 9.17) is 14.5 Å². The van der Waals surface area contributed by atoms with E-state index in [0.717, 1.165) is 75.3 Å². The standard InChI is InChI=1S/C20H30FN3O2S.HI/c1-2-22-20(23-10-4-14-27-17-8-6-16(21)7-9-17)24-11-13-26-19(15-24)18-5-3-12-25-18;/h6-9,18-19H,2-5,10-15H2,1H3,(H,22,23);1H. The van der Waals surface area contributed by atoms with Crippen molar-refractivity contribution in [2.75, 3.05) is 45.1 Å². The molecule has 2 aliphatic heterocycles. The van der Waals surface area contributed by atoms with Crippen LogP contribution < -0.4 is 5.32 Å². The second-order valence-electron chi connectivity index (χ2n) is 6.80. The Bertz CT molecular complexity index is 600. The number of rotatable bonds is 7. The fourth-order valence-corrected chi connectivity index (χ4v) is 4.22. The summed E-state index contributed by atoms with van der Waals surface area (Å²) in [7, 11) is 0. The normalized spacial score (nSPS) is 22.8. The lowest BCUT2D eigenvalue weighted by molar-refractivity contribution is -0.0817. The van der Waals surface area contributed by atoms with Crippen molar-refractivity contribution in [2.24, 2.45) is 4.99 Å². The molecule has 2 atom stereocenters. The Morgan fingerprint density at radius 3 is 2.75 bits per heavy atom. The Hall–Kier alpha value is -0.580. The molecule has 2 heterocycles. The Morgan fingerprint density at radius 2 is 2.04 bits per heavy atom. The van der Waals surface area contributed by atoms with Crippen molar-refractivity contribution < 1.29 is 13.9 Å². The van der Waals surface area contributed by atoms with Gasteiger partial charge in [-0.05, 0) is 56.2 Å². The minimum atomic E-state index is -0.189. The van der Waals surface area contributed by atoms with Crippen LogP contribution in [0.1, 0.15) is 26.2 Å². The van der Waals surface area contributed by atoms with Crippen molar-refractivity contribution in [1.82, 2.24) is 10.2 Å². The van der Waals surface area contributed by atoms with Gasteiger partial charge in [0.15, 0.2) is 5.96 Å². The van der Waals surface area contributed by atoms with Gasteiger partial charge in [-0.3, -0.25) is 4.99 Å². The molecule has 0 saturated carbocycles. The third-order valence-electron chi connectivity index (χ3n) is 4.75. The highest BCUT2D eigenvalue weighted by Gasteiger charge is 2.32. The molecule has 5 nitrogen and oxygen atoms in total. The zero-order valence-electron chi connectivity index (χ0n) is 16.4. The molecule has 2 aliphatic rings. The Labute approximate surface area is 188 Å². The molecular weight excluding hydrogens is 492 g/mol. The van der Waals surface area contributed by atoms with Crippen LogP contribution in [0.3, 0.4) is 0 Å². The van der Waals surface area contributed by atoms with Crippen LogP contribution in [0.25, 0.3) is 0 Å². The summed E-state index contributed by atoms with van der Waals surface area (Å²) >= 11 is 1.74. The van der Waals surface area contributed by atoms with E-state index in [1.54, 1.807) is 11.8 Å². The van der Waals surface area contributed by atoms with Gasteiger partial charge in [0.2, 0.25) is 0 Å². The number of thioether (sulfide) groups is 1. The van der Waals surface area contributed by atoms with Crippen LogP contribution >= 0.6 is 35.7 Å². The van der Waals surface area contributed by atoms with Crippen LogP contribution in [0.2, 0.25) is 0 Å². The molecule has 3 rings (SSSR count). The number of benzene rings is 1. The highest BCUT2D eigenvalue weighted by molar-refractivity contribution is 14.0. The molecule has 0 amide bonds. The number of nitrogens with zero attached hydrogens (tertiary/aromatic N) is 2. The van der Waals surface area contributed by atoms with Gasteiger partial charge in [0.05, 0.1) is 12.7 Å². The van der Waals surface area contributed by atoms with Gasteiger partial charge in [0.1, 0.15) is 11.9 Å². The number of aliphatic imine (C=N–C) groups is 1. The van der Waals surface area contributed by atoms with Crippen molar-refractivity contribution in [3.63, 3.8) is 0 Å². The van der Waals surface area contributed by atoms with E-state index in [2.05, 4.69) is 17.1 Å². The van der Waals surface area contributed by atoms with E-state index in [-0.39, 0.29) is 42.0 Å². The molecule has 8 heteroatoms. The lowest BCUT2D eigenvalue weighted by atomic mass is 10.1. The summed E-state index contributed by atoms with van der Waals surface area (Å²) in [5.41, 5.74) is 0. The van der Waals surface area contributed by atoms with Gasteiger partial charge >= 0.3 is 0 Å². The topological polar surface area (TPSA) is 46.1 Å². The molecule has 1 aromatic carbocycles. The van der Waals surface area contributed by atoms with Crippen LogP contribution in [-0.4, -0.2) is 68.2 Å². The monoisotopic (exact) mass is 523 g/mol. The van der Waals surface area contributed by atoms with Gasteiger partial charge in [-0.25, -0.2) is 4.39 Å². The molecule has 0 radical (unpaired) electrons. The summed E-state index contributed by atoms with van der Waals surface area (Å²) < 4.78 is 24.7. The maximum Gasteiger partial charge on any atom is 0.194 e. The minimum absolute atomic E-state index is 0. The number of hydrogen-bond donors (Lipinski definition) is 1. The number of morpholine rings is 1. The first kappa shape index (κ1) is 23.7. The van der Waals surface area contributed by atoms with Crippen molar-refractivity contribution in [3.8, 4) is 0 Å². The first-order chi connectivity index (χ1) is 13.3. The molecule has 0 aromatic heterocycles. The van der Waals surface area contributed by atoms with Gasteiger partial charge in [0, 0.05) is 37.7 Å². The minimum Gasteiger partial charge on any atom is -0.375 e. The highest BCUT2D eigenvalue weighted by Crippen LogP contribution is 2.21. The number of nitrogens with one attached hydrogen (secondary N) is 1. The summed E-state index contributed by atoms with van der Waals surface area (Å²) in [6, 6.07) is 6.66. The van der Waals surface area contributed by atoms with Gasteiger partial charge in [0.25, 0.3) is 0 Å². The zero-order valence-corrected chi connectivity index (χ0v) is 19.6. The van der Waals surface area contributed by atoms with E-state index in [1.807, 2.05) is 12.1 Å². The second-order valence-corrected chi connectivity index (χ2v) is 7.97. The van der Waals surface area contributed by atoms with Crippen molar-refractivity contribution in [3.05, 3.63) is 30.1 Å². The number of ether oxygens (including phenoxy) is 2. The second kappa shape index (κ2) is 12.9. The SMILES string of the molecule is CCNC(=NCCCSc1ccc(F)cc1)N1CCOC(C2CCCO2)C1.I. The molecule has 1 aromatic rings. The predicted octanol–water partition coefficient (Wildman–Crippen LogP) is 3.77. The highest BCUT2D eigenvalue weighted by atomic mass is 127. The number of halogens is 2. The molecule has 158 valence electrons. The van der Waals surface area contributed by atoms with Crippen molar-refractivity contribution >= 4 is 41.7 Å². The van der Waals surface area contributed by atoms with Crippen LogP contribution in [0.15, 0.2) is 34.2 Å². The molecule has 28 heavy (non-hydrogen) atoms. The lowest BCUT2D eigenvalue weighted by Gasteiger charge is -2.37. The quantitative estimate of drug-likeness (QED) is 0.194. The van der Waals surface area contributed by atoms with Gasteiger partial charge in [-0.1, -0.05) is 0 Å². The van der Waals surface area contributed by atoms with Crippen LogP contribution in [-0.2, 0) is 9.47 Å². The summed E-state index contributed by atoms with van der Waals surface area (Å²) in [4.78, 5) is 8.20. The first-order valence-electron chi connectivity index (χ1n) is 9.91. The van der Waals surface area contributed by atoms with E-state index >= 15 is 0 Å². The Kier molecular flexibility index (Phi) is 10.9. The summed E-state index contributed by atoms with van der Waals surface area (Å²) in [6.45, 7) is 6.99. The summed E-state index contributed by atoms with van der Waals surface area (Å²) in [5, 5.41) is 3.41. The maximum atomic E-state index is 12.9. The smallest absolute Gasteiger partial charge is 0.194 e. The lowest BCUT2D eigenvalue weighted by Crippen LogP contribution is -2.53. The number of guanidine groups is 1. The molecule has 0 bridgehead atoms. The van der Waals surface area contributed by atoms with E-state index in [0.29, 0.717) is 0 Å². The van der Waals surface area contributed by atoms with E-state index in [9.17, 15) is 4.39 Å². The first-order valence-corrected chi connectivity index (χ1v) is 10.9. The van der Waals surface area contributed by atoms with E-state index in [1.165, 1.54) is 12.1 Å². The molecule has 1 N–H and O–H groups in total. The largest absolute Gasteiger partial charge is 0.375 e. The maximum absolute atomic E-state index is 12.9.